The molecule has 0 spiro atoms. The monoisotopic (exact) mass is 206 g/mol. The SMILES string of the molecule is CC[C@H](C)c1ccc2nc(N)sc2c1. The lowest BCUT2D eigenvalue weighted by Gasteiger charge is -2.07. The summed E-state index contributed by atoms with van der Waals surface area (Å²) in [6.07, 6.45) is 1.17. The average molecular weight is 206 g/mol. The second-order valence-electron chi connectivity index (χ2n) is 3.59. The van der Waals surface area contributed by atoms with Crippen LogP contribution in [0, 0.1) is 0 Å². The Hall–Kier alpha value is -1.09. The molecule has 0 radical (unpaired) electrons. The van der Waals surface area contributed by atoms with Crippen LogP contribution in [0.25, 0.3) is 10.2 Å². The van der Waals surface area contributed by atoms with E-state index in [1.54, 1.807) is 11.3 Å². The third-order valence-electron chi connectivity index (χ3n) is 2.61. The minimum absolute atomic E-state index is 0.614. The van der Waals surface area contributed by atoms with Crippen molar-refractivity contribution >= 4 is 26.7 Å². The molecule has 0 bridgehead atoms. The number of nitrogens with two attached hydrogens (primary N) is 1. The molecule has 1 atom stereocenters. The van der Waals surface area contributed by atoms with E-state index in [-0.39, 0.29) is 0 Å². The van der Waals surface area contributed by atoms with Crippen molar-refractivity contribution in [2.75, 3.05) is 5.73 Å². The van der Waals surface area contributed by atoms with E-state index in [0.29, 0.717) is 11.0 Å². The predicted octanol–water partition coefficient (Wildman–Crippen LogP) is 3.39. The molecule has 0 unspecified atom stereocenters. The van der Waals surface area contributed by atoms with E-state index in [9.17, 15) is 0 Å². The summed E-state index contributed by atoms with van der Waals surface area (Å²) in [6, 6.07) is 6.41. The Morgan fingerprint density at radius 1 is 1.50 bits per heavy atom. The molecule has 74 valence electrons. The topological polar surface area (TPSA) is 38.9 Å². The molecule has 0 saturated carbocycles. The van der Waals surface area contributed by atoms with Gasteiger partial charge in [0, 0.05) is 0 Å². The van der Waals surface area contributed by atoms with Gasteiger partial charge in [-0.2, -0.15) is 0 Å². The maximum absolute atomic E-state index is 5.66. The van der Waals surface area contributed by atoms with Crippen LogP contribution in [-0.4, -0.2) is 4.98 Å². The summed E-state index contributed by atoms with van der Waals surface area (Å²) < 4.78 is 1.19. The third-order valence-corrected chi connectivity index (χ3v) is 3.46. The molecule has 14 heavy (non-hydrogen) atoms. The lowest BCUT2D eigenvalue weighted by Crippen LogP contribution is -1.89. The number of hydrogen-bond donors (Lipinski definition) is 1. The van der Waals surface area contributed by atoms with Gasteiger partial charge in [-0.3, -0.25) is 0 Å². The first-order valence-electron chi connectivity index (χ1n) is 4.86. The van der Waals surface area contributed by atoms with Gasteiger partial charge in [0.15, 0.2) is 5.13 Å². The normalized spacial score (nSPS) is 13.3. The maximum Gasteiger partial charge on any atom is 0.181 e. The molecule has 2 nitrogen and oxygen atoms in total. The zero-order chi connectivity index (χ0) is 10.1. The van der Waals surface area contributed by atoms with E-state index < -0.39 is 0 Å². The van der Waals surface area contributed by atoms with Crippen LogP contribution in [0.15, 0.2) is 18.2 Å². The number of anilines is 1. The summed E-state index contributed by atoms with van der Waals surface area (Å²) in [5.41, 5.74) is 8.05. The lowest BCUT2D eigenvalue weighted by molar-refractivity contribution is 0.735. The van der Waals surface area contributed by atoms with Crippen molar-refractivity contribution in [2.24, 2.45) is 0 Å². The molecule has 0 aliphatic heterocycles. The van der Waals surface area contributed by atoms with E-state index in [2.05, 4.69) is 37.0 Å². The first-order valence-corrected chi connectivity index (χ1v) is 5.68. The summed E-state index contributed by atoms with van der Waals surface area (Å²) >= 11 is 1.56. The second kappa shape index (κ2) is 3.58. The maximum atomic E-state index is 5.66. The molecule has 0 aliphatic rings. The molecule has 2 N–H and O–H groups in total. The highest BCUT2D eigenvalue weighted by Gasteiger charge is 2.06. The zero-order valence-corrected chi connectivity index (χ0v) is 9.27. The summed E-state index contributed by atoms with van der Waals surface area (Å²) in [4.78, 5) is 4.24. The van der Waals surface area contributed by atoms with Crippen molar-refractivity contribution in [3.63, 3.8) is 0 Å². The molecule has 0 amide bonds. The van der Waals surface area contributed by atoms with Crippen molar-refractivity contribution in [1.82, 2.24) is 4.98 Å². The number of hydrogen-bond acceptors (Lipinski definition) is 3. The van der Waals surface area contributed by atoms with Crippen LogP contribution in [0.3, 0.4) is 0 Å². The van der Waals surface area contributed by atoms with Crippen molar-refractivity contribution in [3.8, 4) is 0 Å². The number of aromatic nitrogens is 1. The number of benzene rings is 1. The fourth-order valence-corrected chi connectivity index (χ4v) is 2.28. The summed E-state index contributed by atoms with van der Waals surface area (Å²) in [5, 5.41) is 0.654. The molecule has 3 heteroatoms. The van der Waals surface area contributed by atoms with Crippen LogP contribution in [0.2, 0.25) is 0 Å². The summed E-state index contributed by atoms with van der Waals surface area (Å²) in [7, 11) is 0. The number of nitrogen functional groups attached to an aromatic ring is 1. The van der Waals surface area contributed by atoms with Crippen LogP contribution in [0.4, 0.5) is 5.13 Å². The minimum Gasteiger partial charge on any atom is -0.375 e. The van der Waals surface area contributed by atoms with E-state index in [1.165, 1.54) is 16.7 Å². The average Bonchev–Trinajstić information content (AvgIpc) is 2.55. The number of nitrogens with zero attached hydrogens (tertiary/aromatic N) is 1. The minimum atomic E-state index is 0.614. The van der Waals surface area contributed by atoms with Gasteiger partial charge in [-0.15, -0.1) is 0 Å². The molecular weight excluding hydrogens is 192 g/mol. The van der Waals surface area contributed by atoms with Gasteiger partial charge in [-0.05, 0) is 30.0 Å². The Balaban J connectivity index is 2.50. The van der Waals surface area contributed by atoms with E-state index >= 15 is 0 Å². The van der Waals surface area contributed by atoms with E-state index in [1.807, 2.05) is 0 Å². The third kappa shape index (κ3) is 1.60. The van der Waals surface area contributed by atoms with Crippen LogP contribution in [0.1, 0.15) is 31.7 Å². The van der Waals surface area contributed by atoms with Crippen LogP contribution >= 0.6 is 11.3 Å². The van der Waals surface area contributed by atoms with Crippen LogP contribution in [-0.2, 0) is 0 Å². The van der Waals surface area contributed by atoms with Crippen molar-refractivity contribution in [2.45, 2.75) is 26.2 Å². The molecule has 1 heterocycles. The summed E-state index contributed by atoms with van der Waals surface area (Å²) in [5.74, 6) is 0.614. The molecule has 2 aromatic rings. The molecular formula is C11H14N2S. The molecule has 2 rings (SSSR count). The van der Waals surface area contributed by atoms with Gasteiger partial charge in [0.05, 0.1) is 10.2 Å². The first-order chi connectivity index (χ1) is 6.70. The first kappa shape index (κ1) is 9.46. The smallest absolute Gasteiger partial charge is 0.181 e. The fourth-order valence-electron chi connectivity index (χ4n) is 1.50. The van der Waals surface area contributed by atoms with Gasteiger partial charge in [0.1, 0.15) is 0 Å². The predicted molar refractivity (Wildman–Crippen MR) is 62.7 cm³/mol. The fraction of sp³-hybridized carbons (Fsp3) is 0.364. The Labute approximate surface area is 87.8 Å². The van der Waals surface area contributed by atoms with Gasteiger partial charge in [0.2, 0.25) is 0 Å². The Morgan fingerprint density at radius 3 is 3.00 bits per heavy atom. The second-order valence-corrected chi connectivity index (χ2v) is 4.65. The number of thiazole rings is 1. The molecule has 0 saturated heterocycles. The Morgan fingerprint density at radius 2 is 2.29 bits per heavy atom. The number of rotatable bonds is 2. The van der Waals surface area contributed by atoms with Gasteiger partial charge in [-0.25, -0.2) is 4.98 Å². The standard InChI is InChI=1S/C11H14N2S/c1-3-7(2)8-4-5-9-10(6-8)14-11(12)13-9/h4-7H,3H2,1-2H3,(H2,12,13)/t7-/m0/s1. The molecule has 1 aromatic heterocycles. The van der Waals surface area contributed by atoms with Gasteiger partial charge in [0.25, 0.3) is 0 Å². The largest absolute Gasteiger partial charge is 0.375 e. The highest BCUT2D eigenvalue weighted by Crippen LogP contribution is 2.28. The van der Waals surface area contributed by atoms with E-state index in [0.717, 1.165) is 5.52 Å². The molecule has 0 aliphatic carbocycles. The lowest BCUT2D eigenvalue weighted by atomic mass is 9.99. The zero-order valence-electron chi connectivity index (χ0n) is 8.45. The highest BCUT2D eigenvalue weighted by atomic mass is 32.1. The summed E-state index contributed by atoms with van der Waals surface area (Å²) in [6.45, 7) is 4.45. The van der Waals surface area contributed by atoms with Crippen LogP contribution < -0.4 is 5.73 Å². The quantitative estimate of drug-likeness (QED) is 0.818. The van der Waals surface area contributed by atoms with Gasteiger partial charge in [-0.1, -0.05) is 31.3 Å². The van der Waals surface area contributed by atoms with Gasteiger partial charge >= 0.3 is 0 Å². The highest BCUT2D eigenvalue weighted by molar-refractivity contribution is 7.22. The van der Waals surface area contributed by atoms with Crippen LogP contribution in [0.5, 0.6) is 0 Å². The molecule has 0 fully saturated rings. The van der Waals surface area contributed by atoms with Crippen molar-refractivity contribution in [3.05, 3.63) is 23.8 Å². The van der Waals surface area contributed by atoms with Gasteiger partial charge < -0.3 is 5.73 Å². The number of fused-ring (bicyclic) bond motifs is 1. The Kier molecular flexibility index (Phi) is 2.42. The Bertz CT molecular complexity index is 447. The van der Waals surface area contributed by atoms with E-state index in [4.69, 9.17) is 5.73 Å². The van der Waals surface area contributed by atoms with Crippen molar-refractivity contribution < 1.29 is 0 Å². The molecule has 1 aromatic carbocycles. The van der Waals surface area contributed by atoms with Crippen molar-refractivity contribution in [1.29, 1.82) is 0 Å².